The summed E-state index contributed by atoms with van der Waals surface area (Å²) >= 11 is 0. The van der Waals surface area contributed by atoms with Gasteiger partial charge < -0.3 is 10.3 Å². The van der Waals surface area contributed by atoms with Gasteiger partial charge in [-0.25, -0.2) is 4.98 Å². The Kier molecular flexibility index (Phi) is 2.83. The maximum atomic E-state index is 4.45. The molecule has 1 aliphatic carbocycles. The first kappa shape index (κ1) is 10.7. The summed E-state index contributed by atoms with van der Waals surface area (Å²) in [5.74, 6) is 1.87. The van der Waals surface area contributed by atoms with Crippen molar-refractivity contribution in [2.45, 2.75) is 45.6 Å². The van der Waals surface area contributed by atoms with Gasteiger partial charge in [0.1, 0.15) is 5.82 Å². The Morgan fingerprint density at radius 2 is 2.27 bits per heavy atom. The first-order valence-electron chi connectivity index (χ1n) is 5.85. The lowest BCUT2D eigenvalue weighted by molar-refractivity contribution is 0.548. The van der Waals surface area contributed by atoms with Crippen molar-refractivity contribution in [2.24, 2.45) is 5.92 Å². The second kappa shape index (κ2) is 3.97. The second-order valence-corrected chi connectivity index (χ2v) is 5.34. The van der Waals surface area contributed by atoms with Crippen molar-refractivity contribution in [1.29, 1.82) is 0 Å². The molecule has 1 heterocycles. The van der Waals surface area contributed by atoms with Crippen LogP contribution in [0.4, 0.5) is 0 Å². The zero-order valence-corrected chi connectivity index (χ0v) is 9.93. The minimum absolute atomic E-state index is 0.357. The summed E-state index contributed by atoms with van der Waals surface area (Å²) in [6.45, 7) is 8.68. The van der Waals surface area contributed by atoms with E-state index in [9.17, 15) is 0 Å². The number of hydrogen-bond acceptors (Lipinski definition) is 2. The van der Waals surface area contributed by atoms with E-state index in [1.807, 2.05) is 6.20 Å². The quantitative estimate of drug-likeness (QED) is 0.777. The van der Waals surface area contributed by atoms with Crippen molar-refractivity contribution in [2.75, 3.05) is 6.54 Å². The molecule has 0 bridgehead atoms. The van der Waals surface area contributed by atoms with Gasteiger partial charge in [0.25, 0.3) is 0 Å². The van der Waals surface area contributed by atoms with E-state index in [2.05, 4.69) is 36.1 Å². The molecule has 0 atom stereocenters. The molecule has 0 aromatic carbocycles. The molecule has 0 saturated heterocycles. The number of aromatic amines is 1. The summed E-state index contributed by atoms with van der Waals surface area (Å²) < 4.78 is 0. The molecule has 0 unspecified atom stereocenters. The first-order valence-corrected chi connectivity index (χ1v) is 5.85. The fraction of sp³-hybridized carbons (Fsp3) is 0.750. The van der Waals surface area contributed by atoms with E-state index in [4.69, 9.17) is 0 Å². The van der Waals surface area contributed by atoms with E-state index in [1.165, 1.54) is 24.4 Å². The number of hydrogen-bond donors (Lipinski definition) is 2. The van der Waals surface area contributed by atoms with E-state index in [-0.39, 0.29) is 0 Å². The third-order valence-electron chi connectivity index (χ3n) is 3.07. The fourth-order valence-corrected chi connectivity index (χ4v) is 1.68. The summed E-state index contributed by atoms with van der Waals surface area (Å²) in [5, 5.41) is 3.42. The molecule has 84 valence electrons. The molecule has 3 heteroatoms. The number of nitrogens with zero attached hydrogens (tertiary/aromatic N) is 1. The van der Waals surface area contributed by atoms with Crippen LogP contribution in [0.1, 0.15) is 45.1 Å². The van der Waals surface area contributed by atoms with Gasteiger partial charge in [-0.05, 0) is 25.3 Å². The van der Waals surface area contributed by atoms with Crippen molar-refractivity contribution in [3.63, 3.8) is 0 Å². The van der Waals surface area contributed by atoms with Crippen molar-refractivity contribution in [1.82, 2.24) is 15.3 Å². The van der Waals surface area contributed by atoms with Gasteiger partial charge in [-0.15, -0.1) is 0 Å². The van der Waals surface area contributed by atoms with Crippen molar-refractivity contribution >= 4 is 0 Å². The van der Waals surface area contributed by atoms with Crippen LogP contribution in [0.25, 0.3) is 0 Å². The molecule has 1 aromatic rings. The summed E-state index contributed by atoms with van der Waals surface area (Å²) in [5.41, 5.74) is 1.56. The van der Waals surface area contributed by atoms with Crippen molar-refractivity contribution in [3.8, 4) is 0 Å². The van der Waals surface area contributed by atoms with Gasteiger partial charge in [-0.3, -0.25) is 0 Å². The lowest BCUT2D eigenvalue weighted by atomic mass is 10.1. The number of nitrogens with one attached hydrogen (secondary N) is 2. The Morgan fingerprint density at radius 1 is 1.53 bits per heavy atom. The summed E-state index contributed by atoms with van der Waals surface area (Å²) in [6.07, 6.45) is 4.52. The van der Waals surface area contributed by atoms with Crippen LogP contribution in [0.5, 0.6) is 0 Å². The third kappa shape index (κ3) is 2.59. The topological polar surface area (TPSA) is 40.7 Å². The lowest BCUT2D eigenvalue weighted by Crippen LogP contribution is -2.19. The molecule has 0 radical (unpaired) electrons. The highest BCUT2D eigenvalue weighted by Gasteiger charge is 2.41. The minimum atomic E-state index is 0.357. The van der Waals surface area contributed by atoms with Crippen LogP contribution in [0.3, 0.4) is 0 Å². The molecule has 1 aliphatic rings. The second-order valence-electron chi connectivity index (χ2n) is 5.34. The zero-order valence-electron chi connectivity index (χ0n) is 9.93. The summed E-state index contributed by atoms with van der Waals surface area (Å²) in [4.78, 5) is 7.87. The molecular formula is C12H21N3. The van der Waals surface area contributed by atoms with E-state index < -0.39 is 0 Å². The molecule has 0 aliphatic heterocycles. The van der Waals surface area contributed by atoms with Crippen LogP contribution in [0, 0.1) is 5.92 Å². The maximum absolute atomic E-state index is 4.45. The maximum Gasteiger partial charge on any atom is 0.112 e. The van der Waals surface area contributed by atoms with Crippen LogP contribution >= 0.6 is 0 Å². The van der Waals surface area contributed by atoms with Gasteiger partial charge in [0.15, 0.2) is 0 Å². The SMILES string of the molecule is CC(C)CNCc1cnc(C2(C)CC2)[nH]1. The van der Waals surface area contributed by atoms with Gasteiger partial charge in [-0.1, -0.05) is 20.8 Å². The van der Waals surface area contributed by atoms with E-state index in [1.54, 1.807) is 0 Å². The Morgan fingerprint density at radius 3 is 2.87 bits per heavy atom. The summed E-state index contributed by atoms with van der Waals surface area (Å²) in [7, 11) is 0. The molecule has 15 heavy (non-hydrogen) atoms. The Bertz CT molecular complexity index is 323. The molecule has 2 rings (SSSR count). The minimum Gasteiger partial charge on any atom is -0.344 e. The van der Waals surface area contributed by atoms with E-state index in [0.717, 1.165) is 13.1 Å². The monoisotopic (exact) mass is 207 g/mol. The number of rotatable bonds is 5. The van der Waals surface area contributed by atoms with Crippen LogP contribution in [-0.2, 0) is 12.0 Å². The summed E-state index contributed by atoms with van der Waals surface area (Å²) in [6, 6.07) is 0. The average molecular weight is 207 g/mol. The smallest absolute Gasteiger partial charge is 0.112 e. The Labute approximate surface area is 91.7 Å². The fourth-order valence-electron chi connectivity index (χ4n) is 1.68. The number of aromatic nitrogens is 2. The molecule has 1 fully saturated rings. The van der Waals surface area contributed by atoms with E-state index in [0.29, 0.717) is 11.3 Å². The number of imidazole rings is 1. The molecule has 1 aromatic heterocycles. The predicted octanol–water partition coefficient (Wildman–Crippen LogP) is 2.21. The zero-order chi connectivity index (χ0) is 10.9. The number of H-pyrrole nitrogens is 1. The van der Waals surface area contributed by atoms with Gasteiger partial charge in [0.05, 0.1) is 0 Å². The molecule has 0 amide bonds. The first-order chi connectivity index (χ1) is 7.10. The Balaban J connectivity index is 1.85. The van der Waals surface area contributed by atoms with Crippen LogP contribution in [0.15, 0.2) is 6.20 Å². The largest absolute Gasteiger partial charge is 0.344 e. The standard InChI is InChI=1S/C12H21N3/c1-9(2)6-13-7-10-8-14-11(15-10)12(3)4-5-12/h8-9,13H,4-7H2,1-3H3,(H,14,15). The highest BCUT2D eigenvalue weighted by molar-refractivity contribution is 5.18. The lowest BCUT2D eigenvalue weighted by Gasteiger charge is -2.06. The van der Waals surface area contributed by atoms with Crippen molar-refractivity contribution in [3.05, 3.63) is 17.7 Å². The highest BCUT2D eigenvalue weighted by atomic mass is 15.0. The molecule has 3 nitrogen and oxygen atoms in total. The molecule has 2 N–H and O–H groups in total. The molecule has 1 saturated carbocycles. The van der Waals surface area contributed by atoms with Gasteiger partial charge in [0, 0.05) is 23.9 Å². The van der Waals surface area contributed by atoms with Gasteiger partial charge >= 0.3 is 0 Å². The van der Waals surface area contributed by atoms with Gasteiger partial charge in [-0.2, -0.15) is 0 Å². The average Bonchev–Trinajstić information content (AvgIpc) is 2.76. The van der Waals surface area contributed by atoms with Crippen LogP contribution < -0.4 is 5.32 Å². The molecule has 0 spiro atoms. The third-order valence-corrected chi connectivity index (χ3v) is 3.07. The normalized spacial score (nSPS) is 18.4. The highest BCUT2D eigenvalue weighted by Crippen LogP contribution is 2.45. The van der Waals surface area contributed by atoms with E-state index >= 15 is 0 Å². The predicted molar refractivity (Wildman–Crippen MR) is 61.7 cm³/mol. The van der Waals surface area contributed by atoms with Crippen LogP contribution in [-0.4, -0.2) is 16.5 Å². The molecular weight excluding hydrogens is 186 g/mol. The van der Waals surface area contributed by atoms with Gasteiger partial charge in [0.2, 0.25) is 0 Å². The van der Waals surface area contributed by atoms with Crippen molar-refractivity contribution < 1.29 is 0 Å². The van der Waals surface area contributed by atoms with Crippen LogP contribution in [0.2, 0.25) is 0 Å². The Hall–Kier alpha value is -0.830.